The van der Waals surface area contributed by atoms with E-state index < -0.39 is 0 Å². The summed E-state index contributed by atoms with van der Waals surface area (Å²) < 4.78 is 12.8. The summed E-state index contributed by atoms with van der Waals surface area (Å²) in [7, 11) is 0. The molecular formula is C10H14FNO. The standard InChI is InChI=1S/C10H14FNO/c1-8(12-5-6-13)9-3-2-4-10(11)7-9/h2-4,7-8,12-13H,5-6H2,1H3/t8-/m0/s1. The van der Waals surface area contributed by atoms with Crippen molar-refractivity contribution in [1.82, 2.24) is 5.32 Å². The third-order valence-corrected chi connectivity index (χ3v) is 1.91. The Morgan fingerprint density at radius 1 is 1.54 bits per heavy atom. The second-order valence-corrected chi connectivity index (χ2v) is 2.95. The van der Waals surface area contributed by atoms with Gasteiger partial charge >= 0.3 is 0 Å². The first-order valence-corrected chi connectivity index (χ1v) is 4.33. The molecule has 13 heavy (non-hydrogen) atoms. The molecule has 0 aliphatic rings. The molecule has 0 spiro atoms. The van der Waals surface area contributed by atoms with Crippen LogP contribution in [-0.4, -0.2) is 18.3 Å². The first-order valence-electron chi connectivity index (χ1n) is 4.33. The molecule has 1 rings (SSSR count). The number of halogens is 1. The van der Waals surface area contributed by atoms with E-state index in [1.807, 2.05) is 13.0 Å². The fourth-order valence-corrected chi connectivity index (χ4v) is 1.17. The summed E-state index contributed by atoms with van der Waals surface area (Å²) in [5.74, 6) is -0.227. The Morgan fingerprint density at radius 2 is 2.31 bits per heavy atom. The highest BCUT2D eigenvalue weighted by Gasteiger charge is 2.03. The van der Waals surface area contributed by atoms with E-state index in [1.54, 1.807) is 6.07 Å². The maximum Gasteiger partial charge on any atom is 0.123 e. The van der Waals surface area contributed by atoms with Crippen molar-refractivity contribution in [2.45, 2.75) is 13.0 Å². The predicted octanol–water partition coefficient (Wildman–Crippen LogP) is 1.47. The van der Waals surface area contributed by atoms with E-state index in [1.165, 1.54) is 12.1 Å². The Hall–Kier alpha value is -0.930. The molecule has 0 radical (unpaired) electrons. The zero-order valence-electron chi connectivity index (χ0n) is 7.63. The molecule has 0 bridgehead atoms. The Balaban J connectivity index is 2.60. The summed E-state index contributed by atoms with van der Waals surface area (Å²) in [6.07, 6.45) is 0. The second kappa shape index (κ2) is 4.94. The first kappa shape index (κ1) is 10.2. The summed E-state index contributed by atoms with van der Waals surface area (Å²) in [4.78, 5) is 0. The molecule has 0 saturated carbocycles. The zero-order valence-corrected chi connectivity index (χ0v) is 7.63. The van der Waals surface area contributed by atoms with Crippen molar-refractivity contribution in [2.75, 3.05) is 13.2 Å². The molecule has 0 amide bonds. The van der Waals surface area contributed by atoms with Crippen molar-refractivity contribution in [1.29, 1.82) is 0 Å². The Morgan fingerprint density at radius 3 is 2.92 bits per heavy atom. The Labute approximate surface area is 77.4 Å². The van der Waals surface area contributed by atoms with E-state index in [0.29, 0.717) is 6.54 Å². The number of hydrogen-bond donors (Lipinski definition) is 2. The minimum absolute atomic E-state index is 0.0721. The molecule has 0 saturated heterocycles. The van der Waals surface area contributed by atoms with Gasteiger partial charge in [0.25, 0.3) is 0 Å². The number of aliphatic hydroxyl groups is 1. The first-order chi connectivity index (χ1) is 6.24. The molecule has 2 nitrogen and oxygen atoms in total. The molecule has 1 aromatic rings. The largest absolute Gasteiger partial charge is 0.395 e. The van der Waals surface area contributed by atoms with Crippen LogP contribution < -0.4 is 5.32 Å². The van der Waals surface area contributed by atoms with Crippen LogP contribution >= 0.6 is 0 Å². The van der Waals surface area contributed by atoms with Gasteiger partial charge in [-0.2, -0.15) is 0 Å². The van der Waals surface area contributed by atoms with Crippen molar-refractivity contribution < 1.29 is 9.50 Å². The molecule has 0 aliphatic carbocycles. The molecule has 1 atom stereocenters. The molecule has 2 N–H and O–H groups in total. The SMILES string of the molecule is C[C@H](NCCO)c1cccc(F)c1. The van der Waals surface area contributed by atoms with Crippen LogP contribution in [0.1, 0.15) is 18.5 Å². The lowest BCUT2D eigenvalue weighted by atomic mass is 10.1. The number of benzene rings is 1. The van der Waals surface area contributed by atoms with E-state index in [2.05, 4.69) is 5.32 Å². The van der Waals surface area contributed by atoms with Crippen LogP contribution in [0.3, 0.4) is 0 Å². The van der Waals surface area contributed by atoms with Crippen molar-refractivity contribution >= 4 is 0 Å². The number of nitrogens with one attached hydrogen (secondary N) is 1. The monoisotopic (exact) mass is 183 g/mol. The topological polar surface area (TPSA) is 32.3 Å². The average Bonchev–Trinajstić information content (AvgIpc) is 2.14. The van der Waals surface area contributed by atoms with Gasteiger partial charge in [0.1, 0.15) is 5.82 Å². The van der Waals surface area contributed by atoms with Crippen molar-refractivity contribution in [2.24, 2.45) is 0 Å². The summed E-state index contributed by atoms with van der Waals surface area (Å²) in [5, 5.41) is 11.6. The third-order valence-electron chi connectivity index (χ3n) is 1.91. The molecule has 0 aliphatic heterocycles. The van der Waals surface area contributed by atoms with Crippen LogP contribution in [0.5, 0.6) is 0 Å². The second-order valence-electron chi connectivity index (χ2n) is 2.95. The Kier molecular flexibility index (Phi) is 3.86. The fraction of sp³-hybridized carbons (Fsp3) is 0.400. The Bertz CT molecular complexity index is 265. The van der Waals surface area contributed by atoms with Gasteiger partial charge in [-0.15, -0.1) is 0 Å². The third kappa shape index (κ3) is 3.13. The van der Waals surface area contributed by atoms with Crippen LogP contribution in [0.2, 0.25) is 0 Å². The molecular weight excluding hydrogens is 169 g/mol. The van der Waals surface area contributed by atoms with Gasteiger partial charge in [0.2, 0.25) is 0 Å². The number of aliphatic hydroxyl groups excluding tert-OH is 1. The van der Waals surface area contributed by atoms with E-state index >= 15 is 0 Å². The molecule has 72 valence electrons. The fourth-order valence-electron chi connectivity index (χ4n) is 1.17. The average molecular weight is 183 g/mol. The van der Waals surface area contributed by atoms with Gasteiger partial charge in [-0.3, -0.25) is 0 Å². The van der Waals surface area contributed by atoms with E-state index in [9.17, 15) is 4.39 Å². The molecule has 0 fully saturated rings. The summed E-state index contributed by atoms with van der Waals surface area (Å²) in [6.45, 7) is 2.56. The lowest BCUT2D eigenvalue weighted by molar-refractivity contribution is 0.286. The quantitative estimate of drug-likeness (QED) is 0.740. The maximum atomic E-state index is 12.8. The van der Waals surface area contributed by atoms with Gasteiger partial charge in [0, 0.05) is 12.6 Å². The van der Waals surface area contributed by atoms with Crippen LogP contribution in [0.15, 0.2) is 24.3 Å². The van der Waals surface area contributed by atoms with Gasteiger partial charge in [-0.05, 0) is 24.6 Å². The summed E-state index contributed by atoms with van der Waals surface area (Å²) in [6, 6.07) is 6.53. The van der Waals surface area contributed by atoms with Crippen LogP contribution in [0, 0.1) is 5.82 Å². The number of rotatable bonds is 4. The van der Waals surface area contributed by atoms with E-state index in [4.69, 9.17) is 5.11 Å². The summed E-state index contributed by atoms with van der Waals surface area (Å²) >= 11 is 0. The van der Waals surface area contributed by atoms with Crippen molar-refractivity contribution in [3.05, 3.63) is 35.6 Å². The highest BCUT2D eigenvalue weighted by molar-refractivity contribution is 5.19. The van der Waals surface area contributed by atoms with Crippen molar-refractivity contribution in [3.63, 3.8) is 0 Å². The van der Waals surface area contributed by atoms with Crippen molar-refractivity contribution in [3.8, 4) is 0 Å². The van der Waals surface area contributed by atoms with Gasteiger partial charge in [0.05, 0.1) is 6.61 Å². The van der Waals surface area contributed by atoms with E-state index in [0.717, 1.165) is 5.56 Å². The molecule has 3 heteroatoms. The predicted molar refractivity (Wildman–Crippen MR) is 49.9 cm³/mol. The van der Waals surface area contributed by atoms with Gasteiger partial charge in [-0.1, -0.05) is 12.1 Å². The number of hydrogen-bond acceptors (Lipinski definition) is 2. The minimum atomic E-state index is -0.227. The molecule has 0 unspecified atom stereocenters. The van der Waals surface area contributed by atoms with Gasteiger partial charge in [-0.25, -0.2) is 4.39 Å². The highest BCUT2D eigenvalue weighted by atomic mass is 19.1. The zero-order chi connectivity index (χ0) is 9.68. The molecule has 0 aromatic heterocycles. The normalized spacial score (nSPS) is 12.8. The minimum Gasteiger partial charge on any atom is -0.395 e. The molecule has 0 heterocycles. The lowest BCUT2D eigenvalue weighted by Gasteiger charge is -2.12. The molecule has 1 aromatic carbocycles. The summed E-state index contributed by atoms with van der Waals surface area (Å²) in [5.41, 5.74) is 0.897. The van der Waals surface area contributed by atoms with Gasteiger partial charge in [0.15, 0.2) is 0 Å². The smallest absolute Gasteiger partial charge is 0.123 e. The maximum absolute atomic E-state index is 12.8. The van der Waals surface area contributed by atoms with E-state index in [-0.39, 0.29) is 18.5 Å². The van der Waals surface area contributed by atoms with Crippen LogP contribution in [-0.2, 0) is 0 Å². The lowest BCUT2D eigenvalue weighted by Crippen LogP contribution is -2.22. The van der Waals surface area contributed by atoms with Crippen LogP contribution in [0.25, 0.3) is 0 Å². The van der Waals surface area contributed by atoms with Crippen LogP contribution in [0.4, 0.5) is 4.39 Å². The highest BCUT2D eigenvalue weighted by Crippen LogP contribution is 2.12. The van der Waals surface area contributed by atoms with Gasteiger partial charge < -0.3 is 10.4 Å².